The second kappa shape index (κ2) is 7.50. The first-order chi connectivity index (χ1) is 13.4. The number of rotatable bonds is 4. The van der Waals surface area contributed by atoms with Gasteiger partial charge in [-0.1, -0.05) is 30.3 Å². The van der Waals surface area contributed by atoms with Crippen LogP contribution >= 0.6 is 11.3 Å². The SMILES string of the molecule is c1ccc(-c2cnc(CN3CCC(c4nnc5n4CCNC5)CC3)s2)cc1. The third-order valence-electron chi connectivity index (χ3n) is 5.57. The van der Waals surface area contributed by atoms with Crippen LogP contribution in [-0.4, -0.2) is 44.3 Å². The molecule has 0 atom stereocenters. The second-order valence-corrected chi connectivity index (χ2v) is 8.45. The monoisotopic (exact) mass is 380 g/mol. The van der Waals surface area contributed by atoms with Crippen LogP contribution in [0.3, 0.4) is 0 Å². The number of fused-ring (bicyclic) bond motifs is 1. The van der Waals surface area contributed by atoms with Gasteiger partial charge in [-0.3, -0.25) is 4.90 Å². The van der Waals surface area contributed by atoms with Gasteiger partial charge in [0, 0.05) is 25.2 Å². The van der Waals surface area contributed by atoms with E-state index in [1.807, 2.05) is 17.5 Å². The minimum absolute atomic E-state index is 0.539. The van der Waals surface area contributed by atoms with E-state index in [0.29, 0.717) is 5.92 Å². The Morgan fingerprint density at radius 2 is 1.93 bits per heavy atom. The van der Waals surface area contributed by atoms with Crippen molar-refractivity contribution in [2.24, 2.45) is 0 Å². The van der Waals surface area contributed by atoms with E-state index in [2.05, 4.69) is 60.3 Å². The third kappa shape index (κ3) is 3.54. The fraction of sp³-hybridized carbons (Fsp3) is 0.450. The Hall–Kier alpha value is -2.09. The van der Waals surface area contributed by atoms with Crippen LogP contribution in [0.4, 0.5) is 0 Å². The van der Waals surface area contributed by atoms with Gasteiger partial charge in [0.05, 0.1) is 18.0 Å². The van der Waals surface area contributed by atoms with Gasteiger partial charge in [0.25, 0.3) is 0 Å². The van der Waals surface area contributed by atoms with Crippen molar-refractivity contribution >= 4 is 11.3 Å². The zero-order chi connectivity index (χ0) is 18.1. The van der Waals surface area contributed by atoms with Gasteiger partial charge >= 0.3 is 0 Å². The van der Waals surface area contributed by atoms with E-state index in [-0.39, 0.29) is 0 Å². The van der Waals surface area contributed by atoms with Crippen LogP contribution in [0.15, 0.2) is 36.5 Å². The molecule has 1 aromatic carbocycles. The quantitative estimate of drug-likeness (QED) is 0.754. The lowest BCUT2D eigenvalue weighted by Crippen LogP contribution is -2.34. The van der Waals surface area contributed by atoms with E-state index in [4.69, 9.17) is 0 Å². The van der Waals surface area contributed by atoms with Gasteiger partial charge in [0.2, 0.25) is 0 Å². The Balaban J connectivity index is 1.20. The molecule has 0 saturated carbocycles. The first-order valence-corrected chi connectivity index (χ1v) is 10.5. The minimum atomic E-state index is 0.539. The number of nitrogens with one attached hydrogen (secondary N) is 1. The van der Waals surface area contributed by atoms with Crippen LogP contribution in [0.2, 0.25) is 0 Å². The second-order valence-electron chi connectivity index (χ2n) is 7.34. The van der Waals surface area contributed by atoms with E-state index in [1.165, 1.54) is 21.3 Å². The maximum absolute atomic E-state index is 4.66. The summed E-state index contributed by atoms with van der Waals surface area (Å²) in [5.74, 6) is 2.83. The van der Waals surface area contributed by atoms with Crippen molar-refractivity contribution in [2.75, 3.05) is 19.6 Å². The molecule has 6 nitrogen and oxygen atoms in total. The molecule has 2 aliphatic rings. The van der Waals surface area contributed by atoms with Gasteiger partial charge in [0.15, 0.2) is 0 Å². The summed E-state index contributed by atoms with van der Waals surface area (Å²) in [5.41, 5.74) is 1.26. The first kappa shape index (κ1) is 17.0. The summed E-state index contributed by atoms with van der Waals surface area (Å²) in [7, 11) is 0. The molecule has 27 heavy (non-hydrogen) atoms. The van der Waals surface area contributed by atoms with Crippen molar-refractivity contribution in [2.45, 2.75) is 38.4 Å². The van der Waals surface area contributed by atoms with Crippen molar-refractivity contribution in [3.05, 3.63) is 53.2 Å². The van der Waals surface area contributed by atoms with E-state index < -0.39 is 0 Å². The maximum atomic E-state index is 4.66. The summed E-state index contributed by atoms with van der Waals surface area (Å²) in [4.78, 5) is 8.44. The van der Waals surface area contributed by atoms with Gasteiger partial charge in [-0.15, -0.1) is 21.5 Å². The van der Waals surface area contributed by atoms with Gasteiger partial charge in [-0.25, -0.2) is 4.98 Å². The van der Waals surface area contributed by atoms with Crippen LogP contribution in [0.25, 0.3) is 10.4 Å². The molecule has 3 aromatic rings. The molecule has 1 fully saturated rings. The van der Waals surface area contributed by atoms with E-state index in [0.717, 1.165) is 57.9 Å². The average Bonchev–Trinajstić information content (AvgIpc) is 3.37. The lowest BCUT2D eigenvalue weighted by Gasteiger charge is -2.31. The van der Waals surface area contributed by atoms with Crippen LogP contribution < -0.4 is 5.32 Å². The van der Waals surface area contributed by atoms with Crippen molar-refractivity contribution in [1.29, 1.82) is 0 Å². The van der Waals surface area contributed by atoms with Crippen LogP contribution in [0.1, 0.15) is 35.4 Å². The normalized spacial score (nSPS) is 18.5. The zero-order valence-electron chi connectivity index (χ0n) is 15.3. The molecule has 0 radical (unpaired) electrons. The van der Waals surface area contributed by atoms with Gasteiger partial charge < -0.3 is 9.88 Å². The van der Waals surface area contributed by atoms with Crippen molar-refractivity contribution < 1.29 is 0 Å². The van der Waals surface area contributed by atoms with E-state index >= 15 is 0 Å². The van der Waals surface area contributed by atoms with Crippen molar-refractivity contribution in [3.63, 3.8) is 0 Å². The summed E-state index contributed by atoms with van der Waals surface area (Å²) in [6.07, 6.45) is 4.32. The first-order valence-electron chi connectivity index (χ1n) is 9.72. The zero-order valence-corrected chi connectivity index (χ0v) is 16.2. The minimum Gasteiger partial charge on any atom is -0.312 e. The molecule has 2 aromatic heterocycles. The summed E-state index contributed by atoms with van der Waals surface area (Å²) in [6, 6.07) is 10.5. The molecule has 0 spiro atoms. The molecule has 140 valence electrons. The van der Waals surface area contributed by atoms with Gasteiger partial charge in [0.1, 0.15) is 16.7 Å². The Kier molecular flexibility index (Phi) is 4.73. The standard InChI is InChI=1S/C20H24N6S/c1-2-4-15(5-3-1)17-12-22-19(27-17)14-25-9-6-16(7-10-25)20-24-23-18-13-21-8-11-26(18)20/h1-5,12,16,21H,6-11,13-14H2. The van der Waals surface area contributed by atoms with E-state index in [1.54, 1.807) is 0 Å². The molecule has 1 N–H and O–H groups in total. The number of nitrogens with zero attached hydrogens (tertiary/aromatic N) is 5. The highest BCUT2D eigenvalue weighted by molar-refractivity contribution is 7.15. The summed E-state index contributed by atoms with van der Waals surface area (Å²) in [5, 5.41) is 13.5. The molecular weight excluding hydrogens is 356 g/mol. The number of piperidine rings is 1. The van der Waals surface area contributed by atoms with Crippen LogP contribution in [0.5, 0.6) is 0 Å². The smallest absolute Gasteiger partial charge is 0.147 e. The number of thiazole rings is 1. The Labute approximate surface area is 163 Å². The van der Waals surface area contributed by atoms with Crippen LogP contribution in [-0.2, 0) is 19.6 Å². The highest BCUT2D eigenvalue weighted by Gasteiger charge is 2.27. The molecule has 0 amide bonds. The summed E-state index contributed by atoms with van der Waals surface area (Å²) in [6.45, 7) is 6.02. The van der Waals surface area contributed by atoms with Gasteiger partial charge in [-0.05, 0) is 31.5 Å². The topological polar surface area (TPSA) is 58.9 Å². The summed E-state index contributed by atoms with van der Waals surface area (Å²) >= 11 is 1.81. The highest BCUT2D eigenvalue weighted by Crippen LogP contribution is 2.30. The number of hydrogen-bond donors (Lipinski definition) is 1. The lowest BCUT2D eigenvalue weighted by molar-refractivity contribution is 0.199. The molecule has 4 heterocycles. The van der Waals surface area contributed by atoms with Crippen molar-refractivity contribution in [1.82, 2.24) is 30.0 Å². The fourth-order valence-corrected chi connectivity index (χ4v) is 5.04. The molecule has 0 unspecified atom stereocenters. The van der Waals surface area contributed by atoms with Gasteiger partial charge in [-0.2, -0.15) is 0 Å². The molecule has 2 aliphatic heterocycles. The Bertz CT molecular complexity index is 894. The molecule has 7 heteroatoms. The Morgan fingerprint density at radius 1 is 1.07 bits per heavy atom. The fourth-order valence-electron chi connectivity index (χ4n) is 4.08. The molecule has 0 bridgehead atoms. The molecule has 1 saturated heterocycles. The highest BCUT2D eigenvalue weighted by atomic mass is 32.1. The molecule has 5 rings (SSSR count). The largest absolute Gasteiger partial charge is 0.312 e. The number of aromatic nitrogens is 4. The average molecular weight is 381 g/mol. The third-order valence-corrected chi connectivity index (χ3v) is 6.61. The Morgan fingerprint density at radius 3 is 2.78 bits per heavy atom. The molecular formula is C20H24N6S. The number of benzene rings is 1. The predicted octanol–water partition coefficient (Wildman–Crippen LogP) is 2.88. The number of likely N-dealkylation sites (tertiary alicyclic amines) is 1. The number of hydrogen-bond acceptors (Lipinski definition) is 6. The molecule has 0 aliphatic carbocycles. The predicted molar refractivity (Wildman–Crippen MR) is 107 cm³/mol. The van der Waals surface area contributed by atoms with E-state index in [9.17, 15) is 0 Å². The van der Waals surface area contributed by atoms with Crippen LogP contribution in [0, 0.1) is 0 Å². The summed E-state index contributed by atoms with van der Waals surface area (Å²) < 4.78 is 2.34. The van der Waals surface area contributed by atoms with Crippen molar-refractivity contribution in [3.8, 4) is 10.4 Å². The maximum Gasteiger partial charge on any atom is 0.147 e. The lowest BCUT2D eigenvalue weighted by atomic mass is 9.96.